The molecule has 204 valence electrons. The quantitative estimate of drug-likeness (QED) is 0.374. The molecule has 2 aliphatic rings. The molecule has 0 spiro atoms. The zero-order chi connectivity index (χ0) is 28.8. The number of hydrogen-bond donors (Lipinski definition) is 1. The Bertz CT molecular complexity index is 1610. The van der Waals surface area contributed by atoms with E-state index in [-0.39, 0.29) is 35.0 Å². The third-order valence-corrected chi connectivity index (χ3v) is 7.67. The molecule has 0 amide bonds. The van der Waals surface area contributed by atoms with Crippen LogP contribution in [0.4, 0.5) is 14.5 Å². The van der Waals surface area contributed by atoms with Crippen LogP contribution in [0.15, 0.2) is 83.3 Å². The van der Waals surface area contributed by atoms with Gasteiger partial charge in [-0.25, -0.2) is 8.78 Å². The summed E-state index contributed by atoms with van der Waals surface area (Å²) in [5.41, 5.74) is 11.8. The molecule has 0 saturated carbocycles. The molecule has 2 N–H and O–H groups in total. The lowest BCUT2D eigenvalue weighted by molar-refractivity contribution is -0.118. The van der Waals surface area contributed by atoms with Gasteiger partial charge >= 0.3 is 0 Å². The van der Waals surface area contributed by atoms with Crippen molar-refractivity contribution in [2.45, 2.75) is 53.1 Å². The first-order chi connectivity index (χ1) is 19.0. The summed E-state index contributed by atoms with van der Waals surface area (Å²) in [5.74, 6) is -0.782. The molecule has 3 aromatic rings. The van der Waals surface area contributed by atoms with Crippen LogP contribution in [0.3, 0.4) is 0 Å². The number of allylic oxidation sites excluding steroid dienone is 3. The Balaban J connectivity index is 1.67. The van der Waals surface area contributed by atoms with Gasteiger partial charge in [-0.3, -0.25) is 9.69 Å². The summed E-state index contributed by atoms with van der Waals surface area (Å²) in [6, 6.07) is 18.1. The molecule has 7 heteroatoms. The van der Waals surface area contributed by atoms with Crippen molar-refractivity contribution < 1.29 is 18.3 Å². The lowest BCUT2D eigenvalue weighted by atomic mass is 9.68. The highest BCUT2D eigenvalue weighted by atomic mass is 19.1. The van der Waals surface area contributed by atoms with Gasteiger partial charge < -0.3 is 10.5 Å². The monoisotopic (exact) mass is 539 g/mol. The number of nitrogens with zero attached hydrogens (tertiary/aromatic N) is 2. The van der Waals surface area contributed by atoms with Gasteiger partial charge in [0, 0.05) is 17.7 Å². The minimum atomic E-state index is -0.669. The van der Waals surface area contributed by atoms with Crippen LogP contribution in [0, 0.1) is 42.2 Å². The number of Topliss-reactive ketones (excluding diaryl/α,β-unsaturated/α-hetero) is 1. The van der Waals surface area contributed by atoms with E-state index in [1.54, 1.807) is 29.2 Å². The van der Waals surface area contributed by atoms with E-state index in [1.807, 2.05) is 39.8 Å². The number of benzene rings is 3. The highest BCUT2D eigenvalue weighted by Gasteiger charge is 2.45. The molecule has 1 aliphatic carbocycles. The Morgan fingerprint density at radius 1 is 1.05 bits per heavy atom. The van der Waals surface area contributed by atoms with Crippen LogP contribution >= 0.6 is 0 Å². The summed E-state index contributed by atoms with van der Waals surface area (Å²) in [5, 5.41) is 10.4. The maximum Gasteiger partial charge on any atom is 0.162 e. The van der Waals surface area contributed by atoms with Gasteiger partial charge in [0.15, 0.2) is 5.78 Å². The van der Waals surface area contributed by atoms with E-state index in [9.17, 15) is 18.8 Å². The molecule has 1 atom stereocenters. The second kappa shape index (κ2) is 10.3. The number of hydrogen-bond acceptors (Lipinski definition) is 5. The van der Waals surface area contributed by atoms with Crippen molar-refractivity contribution in [2.75, 3.05) is 4.90 Å². The molecule has 0 bridgehead atoms. The van der Waals surface area contributed by atoms with Crippen LogP contribution < -0.4 is 15.4 Å². The van der Waals surface area contributed by atoms with Crippen LogP contribution in [-0.4, -0.2) is 5.78 Å². The number of carbonyl (C=O) groups excluding carboxylic acids is 1. The van der Waals surface area contributed by atoms with E-state index in [4.69, 9.17) is 10.5 Å². The Morgan fingerprint density at radius 3 is 2.45 bits per heavy atom. The van der Waals surface area contributed by atoms with E-state index in [1.165, 1.54) is 24.3 Å². The van der Waals surface area contributed by atoms with E-state index in [2.05, 4.69) is 6.07 Å². The van der Waals surface area contributed by atoms with Crippen LogP contribution in [-0.2, 0) is 11.4 Å². The molecule has 0 saturated heterocycles. The van der Waals surface area contributed by atoms with Crippen molar-refractivity contribution in [2.24, 2.45) is 11.1 Å². The van der Waals surface area contributed by atoms with Gasteiger partial charge in [0.2, 0.25) is 0 Å². The van der Waals surface area contributed by atoms with Gasteiger partial charge in [0.1, 0.15) is 29.8 Å². The van der Waals surface area contributed by atoms with E-state index < -0.39 is 11.7 Å². The first kappa shape index (κ1) is 27.1. The van der Waals surface area contributed by atoms with Gasteiger partial charge in [0.25, 0.3) is 0 Å². The largest absolute Gasteiger partial charge is 0.489 e. The van der Waals surface area contributed by atoms with Gasteiger partial charge in [-0.05, 0) is 84.8 Å². The second-order valence-corrected chi connectivity index (χ2v) is 11.3. The number of nitrogens with two attached hydrogens (primary N) is 1. The zero-order valence-electron chi connectivity index (χ0n) is 23.0. The molecular formula is C33H31F2N3O2. The van der Waals surface area contributed by atoms with Crippen molar-refractivity contribution >= 4 is 11.5 Å². The summed E-state index contributed by atoms with van der Waals surface area (Å²) in [6.07, 6.45) is 0.856. The van der Waals surface area contributed by atoms with Crippen LogP contribution in [0.1, 0.15) is 54.9 Å². The first-order valence-corrected chi connectivity index (χ1v) is 13.2. The maximum absolute atomic E-state index is 14.3. The second-order valence-electron chi connectivity index (χ2n) is 11.3. The molecule has 3 aromatic carbocycles. The lowest BCUT2D eigenvalue weighted by Crippen LogP contribution is -2.42. The van der Waals surface area contributed by atoms with Crippen molar-refractivity contribution in [1.82, 2.24) is 0 Å². The van der Waals surface area contributed by atoms with Gasteiger partial charge in [-0.15, -0.1) is 0 Å². The number of ketones is 1. The Kier molecular flexibility index (Phi) is 6.97. The number of aryl methyl sites for hydroxylation is 1. The van der Waals surface area contributed by atoms with Crippen molar-refractivity contribution in [3.05, 3.63) is 117 Å². The summed E-state index contributed by atoms with van der Waals surface area (Å²) in [4.78, 5) is 15.5. The molecule has 1 unspecified atom stereocenters. The number of halogens is 2. The third kappa shape index (κ3) is 4.98. The zero-order valence-corrected chi connectivity index (χ0v) is 23.0. The topological polar surface area (TPSA) is 79.3 Å². The predicted molar refractivity (Wildman–Crippen MR) is 150 cm³/mol. The van der Waals surface area contributed by atoms with Crippen LogP contribution in [0.2, 0.25) is 0 Å². The SMILES string of the molecule is Cc1cc(COc2ccc(F)cc2)c(C)c(C2C(C#N)=C(N)N(c3cccc(F)c3)C3=C2C(=O)CC(C)(C)C3)c1. The minimum Gasteiger partial charge on any atom is -0.489 e. The average molecular weight is 540 g/mol. The fourth-order valence-electron chi connectivity index (χ4n) is 5.84. The Labute approximate surface area is 233 Å². The summed E-state index contributed by atoms with van der Waals surface area (Å²) in [6.45, 7) is 8.17. The first-order valence-electron chi connectivity index (χ1n) is 13.2. The van der Waals surface area contributed by atoms with E-state index >= 15 is 0 Å². The predicted octanol–water partition coefficient (Wildman–Crippen LogP) is 7.10. The number of carbonyl (C=O) groups is 1. The van der Waals surface area contributed by atoms with Gasteiger partial charge in [-0.2, -0.15) is 5.26 Å². The summed E-state index contributed by atoms with van der Waals surface area (Å²) in [7, 11) is 0. The maximum atomic E-state index is 14.3. The molecule has 0 radical (unpaired) electrons. The molecule has 1 aliphatic heterocycles. The molecule has 40 heavy (non-hydrogen) atoms. The van der Waals surface area contributed by atoms with Crippen LogP contribution in [0.5, 0.6) is 5.75 Å². The smallest absolute Gasteiger partial charge is 0.162 e. The highest BCUT2D eigenvalue weighted by molar-refractivity contribution is 6.01. The average Bonchev–Trinajstić information content (AvgIpc) is 2.88. The molecular weight excluding hydrogens is 508 g/mol. The Hall–Kier alpha value is -4.44. The molecule has 1 heterocycles. The number of anilines is 1. The van der Waals surface area contributed by atoms with Crippen molar-refractivity contribution in [1.29, 1.82) is 5.26 Å². The highest BCUT2D eigenvalue weighted by Crippen LogP contribution is 2.51. The molecule has 5 nitrogen and oxygen atoms in total. The fourth-order valence-corrected chi connectivity index (χ4v) is 5.84. The molecule has 0 fully saturated rings. The van der Waals surface area contributed by atoms with Crippen molar-refractivity contribution in [3.63, 3.8) is 0 Å². The third-order valence-electron chi connectivity index (χ3n) is 7.67. The van der Waals surface area contributed by atoms with Gasteiger partial charge in [-0.1, -0.05) is 37.6 Å². The molecule has 5 rings (SSSR count). The van der Waals surface area contributed by atoms with E-state index in [0.717, 1.165) is 22.3 Å². The molecule has 0 aromatic heterocycles. The normalized spacial score (nSPS) is 18.5. The fraction of sp³-hybridized carbons (Fsp3) is 0.273. The van der Waals surface area contributed by atoms with Crippen molar-refractivity contribution in [3.8, 4) is 11.8 Å². The Morgan fingerprint density at radius 2 is 1.77 bits per heavy atom. The summed E-state index contributed by atoms with van der Waals surface area (Å²) < 4.78 is 33.6. The number of nitriles is 1. The number of rotatable bonds is 5. The summed E-state index contributed by atoms with van der Waals surface area (Å²) >= 11 is 0. The lowest BCUT2D eigenvalue weighted by Gasteiger charge is -2.44. The minimum absolute atomic E-state index is 0.0529. The van der Waals surface area contributed by atoms with Gasteiger partial charge in [0.05, 0.1) is 23.2 Å². The number of ether oxygens (including phenoxy) is 1. The van der Waals surface area contributed by atoms with E-state index in [0.29, 0.717) is 35.5 Å². The van der Waals surface area contributed by atoms with Crippen LogP contribution in [0.25, 0.3) is 0 Å². The standard InChI is InChI=1S/C33H31F2N3O2/c1-19-12-21(18-40-25-10-8-22(34)9-11-25)20(2)26(13-19)30-27(17-36)32(37)38(24-7-5-6-23(35)14-24)28-15-33(3,4)16-29(39)31(28)30/h5-14,30H,15-16,18,37H2,1-4H3.